The van der Waals surface area contributed by atoms with Crippen LogP contribution in [0.5, 0.6) is 0 Å². The average molecular weight is 398 g/mol. The van der Waals surface area contributed by atoms with Crippen LogP contribution < -0.4 is 10.2 Å². The van der Waals surface area contributed by atoms with Crippen molar-refractivity contribution in [2.24, 2.45) is 0 Å². The third-order valence-electron chi connectivity index (χ3n) is 4.68. The van der Waals surface area contributed by atoms with Gasteiger partial charge in [-0.15, -0.1) is 11.3 Å². The molecular formula is C22H24FN3OS. The first-order valence-corrected chi connectivity index (χ1v) is 10.1. The number of hydrogen-bond acceptors (Lipinski definition) is 4. The molecule has 3 rings (SSSR count). The summed E-state index contributed by atoms with van der Waals surface area (Å²) in [5.41, 5.74) is 4.41. The van der Waals surface area contributed by atoms with E-state index in [1.165, 1.54) is 23.5 Å². The monoisotopic (exact) mass is 397 g/mol. The first-order chi connectivity index (χ1) is 13.4. The number of anilines is 2. The molecule has 0 atom stereocenters. The zero-order chi connectivity index (χ0) is 20.3. The first kappa shape index (κ1) is 20.0. The van der Waals surface area contributed by atoms with E-state index in [1.807, 2.05) is 26.0 Å². The topological polar surface area (TPSA) is 45.2 Å². The van der Waals surface area contributed by atoms with Crippen molar-refractivity contribution in [3.63, 3.8) is 0 Å². The predicted octanol–water partition coefficient (Wildman–Crippen LogP) is 5.66. The number of hydrogen-bond donors (Lipinski definition) is 1. The van der Waals surface area contributed by atoms with Gasteiger partial charge in [-0.05, 0) is 75.7 Å². The van der Waals surface area contributed by atoms with Gasteiger partial charge in [-0.3, -0.25) is 4.79 Å². The molecule has 0 saturated heterocycles. The highest BCUT2D eigenvalue weighted by Crippen LogP contribution is 2.29. The van der Waals surface area contributed by atoms with Crippen LogP contribution in [-0.4, -0.2) is 24.0 Å². The quantitative estimate of drug-likeness (QED) is 0.583. The minimum Gasteiger partial charge on any atom is -0.372 e. The molecule has 1 heterocycles. The highest BCUT2D eigenvalue weighted by atomic mass is 32.1. The number of nitrogens with zero attached hydrogens (tertiary/aromatic N) is 2. The molecule has 146 valence electrons. The smallest absolute Gasteiger partial charge is 0.267 e. The summed E-state index contributed by atoms with van der Waals surface area (Å²) in [6, 6.07) is 12.2. The van der Waals surface area contributed by atoms with Crippen LogP contribution in [0.3, 0.4) is 0 Å². The number of aryl methyl sites for hydroxylation is 2. The number of amides is 1. The van der Waals surface area contributed by atoms with Gasteiger partial charge in [0.15, 0.2) is 0 Å². The van der Waals surface area contributed by atoms with Crippen molar-refractivity contribution < 1.29 is 9.18 Å². The Balaban J connectivity index is 1.81. The Bertz CT molecular complexity index is 978. The molecule has 4 nitrogen and oxygen atoms in total. The summed E-state index contributed by atoms with van der Waals surface area (Å²) in [5, 5.41) is 3.70. The summed E-state index contributed by atoms with van der Waals surface area (Å²) in [6.45, 7) is 9.93. The SMILES string of the molecule is CCN(CC)c1ccc(NC(=O)c2sc(-c3ccc(F)cc3)nc2C)c(C)c1. The zero-order valence-electron chi connectivity index (χ0n) is 16.5. The number of halogens is 1. The molecule has 0 fully saturated rings. The molecule has 0 spiro atoms. The molecule has 0 bridgehead atoms. The number of rotatable bonds is 6. The molecule has 0 unspecified atom stereocenters. The molecule has 0 aliphatic heterocycles. The van der Waals surface area contributed by atoms with E-state index in [-0.39, 0.29) is 11.7 Å². The van der Waals surface area contributed by atoms with Gasteiger partial charge in [0, 0.05) is 30.0 Å². The second-order valence-corrected chi connectivity index (χ2v) is 7.57. The van der Waals surface area contributed by atoms with Gasteiger partial charge in [-0.25, -0.2) is 9.37 Å². The maximum atomic E-state index is 13.1. The Morgan fingerprint density at radius 3 is 2.39 bits per heavy atom. The van der Waals surface area contributed by atoms with Crippen LogP contribution in [0.15, 0.2) is 42.5 Å². The van der Waals surface area contributed by atoms with Crippen molar-refractivity contribution >= 4 is 28.6 Å². The molecule has 3 aromatic rings. The Morgan fingerprint density at radius 2 is 1.79 bits per heavy atom. The fourth-order valence-corrected chi connectivity index (χ4v) is 4.04. The third-order valence-corrected chi connectivity index (χ3v) is 5.89. The summed E-state index contributed by atoms with van der Waals surface area (Å²) in [4.78, 5) is 20.1. The molecule has 1 aromatic heterocycles. The van der Waals surface area contributed by atoms with Gasteiger partial charge < -0.3 is 10.2 Å². The summed E-state index contributed by atoms with van der Waals surface area (Å²) in [7, 11) is 0. The number of aromatic nitrogens is 1. The van der Waals surface area contributed by atoms with Gasteiger partial charge in [0.2, 0.25) is 0 Å². The minimum atomic E-state index is -0.293. The van der Waals surface area contributed by atoms with Gasteiger partial charge in [-0.1, -0.05) is 0 Å². The average Bonchev–Trinajstić information content (AvgIpc) is 3.07. The van der Waals surface area contributed by atoms with E-state index in [1.54, 1.807) is 12.1 Å². The Labute approximate surface area is 169 Å². The second kappa shape index (κ2) is 8.52. The molecular weight excluding hydrogens is 373 g/mol. The van der Waals surface area contributed by atoms with Gasteiger partial charge in [0.1, 0.15) is 15.7 Å². The summed E-state index contributed by atoms with van der Waals surface area (Å²) < 4.78 is 13.1. The molecule has 1 amide bonds. The van der Waals surface area contributed by atoms with Gasteiger partial charge >= 0.3 is 0 Å². The lowest BCUT2D eigenvalue weighted by molar-refractivity contribution is 0.102. The van der Waals surface area contributed by atoms with Crippen molar-refractivity contribution in [3.05, 3.63) is 64.4 Å². The molecule has 2 aromatic carbocycles. The number of nitrogens with one attached hydrogen (secondary N) is 1. The largest absolute Gasteiger partial charge is 0.372 e. The maximum Gasteiger partial charge on any atom is 0.267 e. The second-order valence-electron chi connectivity index (χ2n) is 6.57. The number of thiazole rings is 1. The van der Waals surface area contributed by atoms with Crippen LogP contribution in [0, 0.1) is 19.7 Å². The molecule has 6 heteroatoms. The Kier molecular flexibility index (Phi) is 6.09. The number of benzene rings is 2. The first-order valence-electron chi connectivity index (χ1n) is 9.33. The number of carbonyl (C=O) groups is 1. The van der Waals surface area contributed by atoms with E-state index in [9.17, 15) is 9.18 Å². The zero-order valence-corrected chi connectivity index (χ0v) is 17.4. The van der Waals surface area contributed by atoms with E-state index in [2.05, 4.69) is 35.1 Å². The minimum absolute atomic E-state index is 0.179. The standard InChI is InChI=1S/C22H24FN3OS/c1-5-26(6-2)18-11-12-19(14(3)13-18)25-21(27)20-15(4)24-22(28-20)16-7-9-17(23)10-8-16/h7-13H,5-6H2,1-4H3,(H,25,27). The van der Waals surface area contributed by atoms with Crippen molar-refractivity contribution in [2.75, 3.05) is 23.3 Å². The Hall–Kier alpha value is -2.73. The van der Waals surface area contributed by atoms with Crippen LogP contribution in [0.25, 0.3) is 10.6 Å². The van der Waals surface area contributed by atoms with E-state index in [0.29, 0.717) is 15.6 Å². The normalized spacial score (nSPS) is 10.8. The van der Waals surface area contributed by atoms with Crippen LogP contribution in [0.2, 0.25) is 0 Å². The molecule has 1 N–H and O–H groups in total. The maximum absolute atomic E-state index is 13.1. The molecule has 0 radical (unpaired) electrons. The van der Waals surface area contributed by atoms with E-state index >= 15 is 0 Å². The van der Waals surface area contributed by atoms with E-state index < -0.39 is 0 Å². The lowest BCUT2D eigenvalue weighted by atomic mass is 10.1. The fraction of sp³-hybridized carbons (Fsp3) is 0.273. The Morgan fingerprint density at radius 1 is 1.11 bits per heavy atom. The summed E-state index contributed by atoms with van der Waals surface area (Å²) >= 11 is 1.31. The predicted molar refractivity (Wildman–Crippen MR) is 115 cm³/mol. The van der Waals surface area contributed by atoms with Gasteiger partial charge in [0.05, 0.1) is 5.69 Å². The van der Waals surface area contributed by atoms with E-state index in [0.717, 1.165) is 35.6 Å². The van der Waals surface area contributed by atoms with Crippen LogP contribution in [0.4, 0.5) is 15.8 Å². The molecule has 0 saturated carbocycles. The van der Waals surface area contributed by atoms with E-state index in [4.69, 9.17) is 0 Å². The molecule has 0 aliphatic carbocycles. The van der Waals surface area contributed by atoms with Crippen LogP contribution in [-0.2, 0) is 0 Å². The summed E-state index contributed by atoms with van der Waals surface area (Å²) in [6.07, 6.45) is 0. The van der Waals surface area contributed by atoms with Gasteiger partial charge in [-0.2, -0.15) is 0 Å². The highest BCUT2D eigenvalue weighted by Gasteiger charge is 2.17. The van der Waals surface area contributed by atoms with Crippen LogP contribution >= 0.6 is 11.3 Å². The lowest BCUT2D eigenvalue weighted by Crippen LogP contribution is -2.22. The fourth-order valence-electron chi connectivity index (χ4n) is 3.08. The van der Waals surface area contributed by atoms with Crippen molar-refractivity contribution in [2.45, 2.75) is 27.7 Å². The van der Waals surface area contributed by atoms with Crippen molar-refractivity contribution in [1.82, 2.24) is 4.98 Å². The van der Waals surface area contributed by atoms with Crippen molar-refractivity contribution in [1.29, 1.82) is 0 Å². The van der Waals surface area contributed by atoms with Gasteiger partial charge in [0.25, 0.3) is 5.91 Å². The highest BCUT2D eigenvalue weighted by molar-refractivity contribution is 7.17. The molecule has 0 aliphatic rings. The lowest BCUT2D eigenvalue weighted by Gasteiger charge is -2.22. The number of carbonyl (C=O) groups excluding carboxylic acids is 1. The molecule has 28 heavy (non-hydrogen) atoms. The summed E-state index contributed by atoms with van der Waals surface area (Å²) in [5.74, 6) is -0.472. The van der Waals surface area contributed by atoms with Crippen molar-refractivity contribution in [3.8, 4) is 10.6 Å². The third kappa shape index (κ3) is 4.22. The van der Waals surface area contributed by atoms with Crippen LogP contribution in [0.1, 0.15) is 34.8 Å².